The molecule has 0 N–H and O–H groups in total. The second kappa shape index (κ2) is 5.87. The lowest BCUT2D eigenvalue weighted by molar-refractivity contribution is 0.414. The standard InChI is InChI=1S/C15H11BrCl2N2O/c1-21-11-6-9(16)5-10(7-11)20-13-4-2-3-12(18)15(13)19-14(20)8-17/h2-7H,8H2,1H3. The topological polar surface area (TPSA) is 27.1 Å². The predicted octanol–water partition coefficient (Wildman–Crippen LogP) is 5.19. The van der Waals surface area contributed by atoms with Crippen molar-refractivity contribution in [1.29, 1.82) is 0 Å². The average molecular weight is 386 g/mol. The Hall–Kier alpha value is -1.23. The van der Waals surface area contributed by atoms with Crippen molar-refractivity contribution in [2.24, 2.45) is 0 Å². The van der Waals surface area contributed by atoms with Gasteiger partial charge in [0.15, 0.2) is 0 Å². The molecule has 0 bridgehead atoms. The van der Waals surface area contributed by atoms with Gasteiger partial charge in [-0.15, -0.1) is 11.6 Å². The van der Waals surface area contributed by atoms with E-state index < -0.39 is 0 Å². The first-order chi connectivity index (χ1) is 10.1. The maximum Gasteiger partial charge on any atom is 0.129 e. The minimum absolute atomic E-state index is 0.292. The summed E-state index contributed by atoms with van der Waals surface area (Å²) < 4.78 is 8.23. The van der Waals surface area contributed by atoms with E-state index in [2.05, 4.69) is 20.9 Å². The zero-order valence-corrected chi connectivity index (χ0v) is 14.2. The fraction of sp³-hybridized carbons (Fsp3) is 0.133. The van der Waals surface area contributed by atoms with E-state index in [-0.39, 0.29) is 0 Å². The van der Waals surface area contributed by atoms with Gasteiger partial charge in [-0.3, -0.25) is 4.57 Å². The Balaban J connectivity index is 2.33. The predicted molar refractivity (Wildman–Crippen MR) is 89.9 cm³/mol. The van der Waals surface area contributed by atoms with Crippen LogP contribution in [0.5, 0.6) is 5.75 Å². The summed E-state index contributed by atoms with van der Waals surface area (Å²) in [5.41, 5.74) is 2.58. The van der Waals surface area contributed by atoms with E-state index in [1.54, 1.807) is 7.11 Å². The summed E-state index contributed by atoms with van der Waals surface area (Å²) in [5, 5.41) is 0.611. The number of halogens is 3. The van der Waals surface area contributed by atoms with Gasteiger partial charge in [-0.05, 0) is 24.3 Å². The quantitative estimate of drug-likeness (QED) is 0.580. The average Bonchev–Trinajstić information content (AvgIpc) is 2.86. The van der Waals surface area contributed by atoms with Crippen LogP contribution in [-0.4, -0.2) is 16.7 Å². The molecule has 0 spiro atoms. The number of benzene rings is 2. The third kappa shape index (κ3) is 2.63. The highest BCUT2D eigenvalue weighted by Gasteiger charge is 2.14. The highest BCUT2D eigenvalue weighted by atomic mass is 79.9. The Morgan fingerprint density at radius 3 is 2.81 bits per heavy atom. The van der Waals surface area contributed by atoms with Crippen molar-refractivity contribution in [3.63, 3.8) is 0 Å². The molecule has 6 heteroatoms. The van der Waals surface area contributed by atoms with Crippen LogP contribution in [0.4, 0.5) is 0 Å². The van der Waals surface area contributed by atoms with Crippen molar-refractivity contribution in [3.8, 4) is 11.4 Å². The molecule has 3 rings (SSSR count). The van der Waals surface area contributed by atoms with Crippen molar-refractivity contribution >= 4 is 50.2 Å². The molecule has 0 amide bonds. The van der Waals surface area contributed by atoms with Crippen LogP contribution >= 0.6 is 39.1 Å². The van der Waals surface area contributed by atoms with Gasteiger partial charge in [0.1, 0.15) is 17.1 Å². The Labute approximate surface area is 140 Å². The van der Waals surface area contributed by atoms with Crippen molar-refractivity contribution in [1.82, 2.24) is 9.55 Å². The molecule has 0 radical (unpaired) electrons. The summed E-state index contributed by atoms with van der Waals surface area (Å²) >= 11 is 15.8. The van der Waals surface area contributed by atoms with Gasteiger partial charge in [-0.1, -0.05) is 33.6 Å². The molecule has 3 nitrogen and oxygen atoms in total. The molecule has 108 valence electrons. The number of methoxy groups -OCH3 is 1. The molecule has 0 aliphatic heterocycles. The first-order valence-electron chi connectivity index (χ1n) is 6.21. The lowest BCUT2D eigenvalue weighted by Gasteiger charge is -2.10. The summed E-state index contributed by atoms with van der Waals surface area (Å²) in [6, 6.07) is 11.5. The van der Waals surface area contributed by atoms with Gasteiger partial charge in [-0.2, -0.15) is 0 Å². The highest BCUT2D eigenvalue weighted by molar-refractivity contribution is 9.10. The molecular formula is C15H11BrCl2N2O. The molecule has 2 aromatic carbocycles. The molecule has 1 heterocycles. The van der Waals surface area contributed by atoms with Gasteiger partial charge in [0.2, 0.25) is 0 Å². The van der Waals surface area contributed by atoms with E-state index in [0.717, 1.165) is 32.8 Å². The lowest BCUT2D eigenvalue weighted by atomic mass is 10.2. The van der Waals surface area contributed by atoms with E-state index in [9.17, 15) is 0 Å². The molecule has 0 saturated carbocycles. The van der Waals surface area contributed by atoms with Gasteiger partial charge in [0.25, 0.3) is 0 Å². The van der Waals surface area contributed by atoms with Crippen LogP contribution < -0.4 is 4.74 Å². The number of imidazole rings is 1. The summed E-state index contributed by atoms with van der Waals surface area (Å²) in [7, 11) is 1.64. The van der Waals surface area contributed by atoms with Gasteiger partial charge in [0.05, 0.1) is 29.2 Å². The zero-order valence-electron chi connectivity index (χ0n) is 11.1. The van der Waals surface area contributed by atoms with E-state index in [4.69, 9.17) is 27.9 Å². The van der Waals surface area contributed by atoms with Crippen LogP contribution in [0, 0.1) is 0 Å². The largest absolute Gasteiger partial charge is 0.497 e. The molecule has 0 unspecified atom stereocenters. The fourth-order valence-corrected chi connectivity index (χ4v) is 3.14. The van der Waals surface area contributed by atoms with Crippen molar-refractivity contribution in [2.75, 3.05) is 7.11 Å². The van der Waals surface area contributed by atoms with Gasteiger partial charge < -0.3 is 4.74 Å². The van der Waals surface area contributed by atoms with Crippen LogP contribution in [0.15, 0.2) is 40.9 Å². The smallest absolute Gasteiger partial charge is 0.129 e. The number of hydrogen-bond acceptors (Lipinski definition) is 2. The fourth-order valence-electron chi connectivity index (χ4n) is 2.29. The lowest BCUT2D eigenvalue weighted by Crippen LogP contribution is -2.00. The van der Waals surface area contributed by atoms with E-state index in [1.165, 1.54) is 0 Å². The number of rotatable bonds is 3. The number of hydrogen-bond donors (Lipinski definition) is 0. The monoisotopic (exact) mass is 384 g/mol. The van der Waals surface area contributed by atoms with Crippen LogP contribution in [0.25, 0.3) is 16.7 Å². The van der Waals surface area contributed by atoms with Crippen LogP contribution in [-0.2, 0) is 5.88 Å². The van der Waals surface area contributed by atoms with Crippen LogP contribution in [0.1, 0.15) is 5.82 Å². The van der Waals surface area contributed by atoms with Gasteiger partial charge >= 0.3 is 0 Å². The van der Waals surface area contributed by atoms with E-state index in [0.29, 0.717) is 10.9 Å². The first kappa shape index (κ1) is 14.7. The number of ether oxygens (including phenoxy) is 1. The number of fused-ring (bicyclic) bond motifs is 1. The Morgan fingerprint density at radius 2 is 2.10 bits per heavy atom. The van der Waals surface area contributed by atoms with Crippen molar-refractivity contribution in [3.05, 3.63) is 51.7 Å². The molecule has 3 aromatic rings. The van der Waals surface area contributed by atoms with Crippen molar-refractivity contribution in [2.45, 2.75) is 5.88 Å². The minimum Gasteiger partial charge on any atom is -0.497 e. The van der Waals surface area contributed by atoms with Crippen LogP contribution in [0.3, 0.4) is 0 Å². The maximum absolute atomic E-state index is 6.22. The van der Waals surface area contributed by atoms with Crippen LogP contribution in [0.2, 0.25) is 5.02 Å². The molecule has 21 heavy (non-hydrogen) atoms. The van der Waals surface area contributed by atoms with Crippen molar-refractivity contribution < 1.29 is 4.74 Å². The Bertz CT molecular complexity index is 817. The highest BCUT2D eigenvalue weighted by Crippen LogP contribution is 2.30. The number of para-hydroxylation sites is 1. The third-order valence-corrected chi connectivity index (χ3v) is 4.18. The molecule has 0 atom stereocenters. The third-order valence-electron chi connectivity index (χ3n) is 3.17. The minimum atomic E-state index is 0.292. The Kier molecular flexibility index (Phi) is 4.11. The maximum atomic E-state index is 6.22. The SMILES string of the molecule is COc1cc(Br)cc(-n2c(CCl)nc3c(Cl)cccc32)c1. The molecule has 0 aliphatic carbocycles. The van der Waals surface area contributed by atoms with Gasteiger partial charge in [0, 0.05) is 10.5 Å². The van der Waals surface area contributed by atoms with E-state index >= 15 is 0 Å². The molecule has 1 aromatic heterocycles. The first-order valence-corrected chi connectivity index (χ1v) is 7.91. The zero-order chi connectivity index (χ0) is 15.0. The summed E-state index contributed by atoms with van der Waals surface area (Å²) in [4.78, 5) is 4.54. The number of aromatic nitrogens is 2. The summed E-state index contributed by atoms with van der Waals surface area (Å²) in [6.07, 6.45) is 0. The number of alkyl halides is 1. The normalized spacial score (nSPS) is 11.0. The molecule has 0 aliphatic rings. The summed E-state index contributed by atoms with van der Waals surface area (Å²) in [6.45, 7) is 0. The van der Waals surface area contributed by atoms with E-state index in [1.807, 2.05) is 41.0 Å². The Morgan fingerprint density at radius 1 is 1.29 bits per heavy atom. The molecule has 0 fully saturated rings. The summed E-state index contributed by atoms with van der Waals surface area (Å²) in [5.74, 6) is 1.78. The van der Waals surface area contributed by atoms with Gasteiger partial charge in [-0.25, -0.2) is 4.98 Å². The molecular weight excluding hydrogens is 375 g/mol. The number of nitrogens with zero attached hydrogens (tertiary/aromatic N) is 2. The second-order valence-electron chi connectivity index (χ2n) is 4.45. The molecule has 0 saturated heterocycles. The second-order valence-corrected chi connectivity index (χ2v) is 6.04.